The van der Waals surface area contributed by atoms with E-state index in [1.165, 1.54) is 11.3 Å². The fourth-order valence-electron chi connectivity index (χ4n) is 4.26. The van der Waals surface area contributed by atoms with Crippen molar-refractivity contribution in [1.82, 2.24) is 15.5 Å². The fraction of sp³-hybridized carbons (Fsp3) is 0.333. The average molecular weight is 494 g/mol. The molecule has 2 amide bonds. The van der Waals surface area contributed by atoms with E-state index in [0.29, 0.717) is 6.54 Å². The number of carbonyl (C=O) groups is 2. The Kier molecular flexibility index (Phi) is 8.39. The first-order valence-corrected chi connectivity index (χ1v) is 12.6. The van der Waals surface area contributed by atoms with E-state index in [0.717, 1.165) is 53.4 Å². The number of hydrogen-bond acceptors (Lipinski definition) is 6. The van der Waals surface area contributed by atoms with Crippen LogP contribution in [0.2, 0.25) is 0 Å². The van der Waals surface area contributed by atoms with E-state index in [9.17, 15) is 9.59 Å². The van der Waals surface area contributed by atoms with Gasteiger partial charge in [0.2, 0.25) is 5.91 Å². The number of nitrogens with one attached hydrogen (secondary N) is 2. The Labute approximate surface area is 210 Å². The molecule has 1 aliphatic heterocycles. The predicted octanol–water partition coefficient (Wildman–Crippen LogP) is 3.87. The van der Waals surface area contributed by atoms with Crippen molar-refractivity contribution in [3.63, 3.8) is 0 Å². The van der Waals surface area contributed by atoms with Crippen LogP contribution in [-0.2, 0) is 4.79 Å². The Morgan fingerprint density at radius 1 is 0.943 bits per heavy atom. The Morgan fingerprint density at radius 2 is 1.51 bits per heavy atom. The van der Waals surface area contributed by atoms with E-state index >= 15 is 0 Å². The molecule has 1 aromatic heterocycles. The van der Waals surface area contributed by atoms with Crippen molar-refractivity contribution in [3.8, 4) is 11.5 Å². The maximum absolute atomic E-state index is 13.1. The molecule has 1 saturated heterocycles. The molecule has 2 N–H and O–H groups in total. The minimum absolute atomic E-state index is 0.0157. The Morgan fingerprint density at radius 3 is 2.00 bits per heavy atom. The van der Waals surface area contributed by atoms with Gasteiger partial charge in [0.1, 0.15) is 11.5 Å². The topological polar surface area (TPSA) is 79.9 Å². The lowest BCUT2D eigenvalue weighted by Crippen LogP contribution is -2.47. The highest BCUT2D eigenvalue weighted by atomic mass is 32.1. The third-order valence-electron chi connectivity index (χ3n) is 6.24. The molecule has 0 aliphatic carbocycles. The van der Waals surface area contributed by atoms with Crippen molar-refractivity contribution in [3.05, 3.63) is 82.0 Å². The van der Waals surface area contributed by atoms with Crippen LogP contribution in [0.5, 0.6) is 11.5 Å². The predicted molar refractivity (Wildman–Crippen MR) is 137 cm³/mol. The summed E-state index contributed by atoms with van der Waals surface area (Å²) in [7, 11) is 3.27. The number of ether oxygens (including phenoxy) is 2. The third-order valence-corrected chi connectivity index (χ3v) is 7.11. The number of piperidine rings is 1. The number of likely N-dealkylation sites (tertiary alicyclic amines) is 1. The zero-order chi connectivity index (χ0) is 24.6. The number of hydrogen-bond donors (Lipinski definition) is 2. The molecule has 0 spiro atoms. The SMILES string of the molecule is COc1ccc(C(NC(=O)CN2CCC(NC(=O)c3cccs3)CC2)c2ccc(OC)cc2)cc1. The van der Waals surface area contributed by atoms with E-state index in [4.69, 9.17) is 9.47 Å². The molecule has 7 nitrogen and oxygen atoms in total. The van der Waals surface area contributed by atoms with Crippen LogP contribution < -0.4 is 20.1 Å². The van der Waals surface area contributed by atoms with Crippen molar-refractivity contribution in [1.29, 1.82) is 0 Å². The van der Waals surface area contributed by atoms with Gasteiger partial charge in [-0.3, -0.25) is 14.5 Å². The van der Waals surface area contributed by atoms with Gasteiger partial charge in [0.25, 0.3) is 5.91 Å². The standard InChI is InChI=1S/C27H31N3O4S/c1-33-22-9-5-19(6-10-22)26(20-7-11-23(34-2)12-8-20)29-25(31)18-30-15-13-21(14-16-30)28-27(32)24-4-3-17-35-24/h3-12,17,21,26H,13-16,18H2,1-2H3,(H,28,32)(H,29,31). The van der Waals surface area contributed by atoms with E-state index < -0.39 is 0 Å². The first-order chi connectivity index (χ1) is 17.1. The molecule has 0 bridgehead atoms. The molecule has 184 valence electrons. The highest BCUT2D eigenvalue weighted by Crippen LogP contribution is 2.26. The molecule has 0 radical (unpaired) electrons. The van der Waals surface area contributed by atoms with Gasteiger partial charge in [0.15, 0.2) is 0 Å². The number of methoxy groups -OCH3 is 2. The fourth-order valence-corrected chi connectivity index (χ4v) is 4.89. The zero-order valence-electron chi connectivity index (χ0n) is 20.0. The summed E-state index contributed by atoms with van der Waals surface area (Å²) < 4.78 is 10.6. The van der Waals surface area contributed by atoms with Gasteiger partial charge in [-0.15, -0.1) is 11.3 Å². The summed E-state index contributed by atoms with van der Waals surface area (Å²) >= 11 is 1.45. The molecule has 0 saturated carbocycles. The summed E-state index contributed by atoms with van der Waals surface area (Å²) in [5.74, 6) is 1.48. The molecule has 4 rings (SSSR count). The van der Waals surface area contributed by atoms with Crippen LogP contribution in [0.15, 0.2) is 66.0 Å². The monoisotopic (exact) mass is 493 g/mol. The van der Waals surface area contributed by atoms with Crippen LogP contribution >= 0.6 is 11.3 Å². The van der Waals surface area contributed by atoms with Crippen molar-refractivity contribution < 1.29 is 19.1 Å². The zero-order valence-corrected chi connectivity index (χ0v) is 20.8. The smallest absolute Gasteiger partial charge is 0.261 e. The third kappa shape index (κ3) is 6.61. The van der Waals surface area contributed by atoms with Crippen LogP contribution in [0.25, 0.3) is 0 Å². The lowest BCUT2D eigenvalue weighted by molar-refractivity contribution is -0.123. The van der Waals surface area contributed by atoms with Crippen molar-refractivity contribution >= 4 is 23.2 Å². The highest BCUT2D eigenvalue weighted by molar-refractivity contribution is 7.12. The summed E-state index contributed by atoms with van der Waals surface area (Å²) in [5.41, 5.74) is 1.94. The Bertz CT molecular complexity index is 1040. The summed E-state index contributed by atoms with van der Waals surface area (Å²) in [4.78, 5) is 28.2. The second kappa shape index (κ2) is 11.9. The van der Waals surface area contributed by atoms with E-state index in [-0.39, 0.29) is 23.9 Å². The number of rotatable bonds is 9. The Balaban J connectivity index is 1.35. The van der Waals surface area contributed by atoms with Crippen LogP contribution in [0, 0.1) is 0 Å². The number of thiophene rings is 1. The van der Waals surface area contributed by atoms with Gasteiger partial charge >= 0.3 is 0 Å². The van der Waals surface area contributed by atoms with Crippen LogP contribution in [0.3, 0.4) is 0 Å². The second-order valence-electron chi connectivity index (χ2n) is 8.55. The first kappa shape index (κ1) is 24.8. The second-order valence-corrected chi connectivity index (χ2v) is 9.50. The summed E-state index contributed by atoms with van der Waals surface area (Å²) in [6, 6.07) is 19.0. The van der Waals surface area contributed by atoms with Gasteiger partial charge in [-0.05, 0) is 59.7 Å². The van der Waals surface area contributed by atoms with Crippen molar-refractivity contribution in [2.45, 2.75) is 24.9 Å². The lowest BCUT2D eigenvalue weighted by Gasteiger charge is -2.32. The van der Waals surface area contributed by atoms with Crippen LogP contribution in [0.4, 0.5) is 0 Å². The molecule has 2 heterocycles. The minimum Gasteiger partial charge on any atom is -0.497 e. The minimum atomic E-state index is -0.290. The largest absolute Gasteiger partial charge is 0.497 e. The van der Waals surface area contributed by atoms with Gasteiger partial charge in [0.05, 0.1) is 31.7 Å². The molecular formula is C27H31N3O4S. The van der Waals surface area contributed by atoms with Gasteiger partial charge in [0, 0.05) is 19.1 Å². The molecular weight excluding hydrogens is 462 g/mol. The Hall–Kier alpha value is -3.36. The maximum Gasteiger partial charge on any atom is 0.261 e. The molecule has 0 unspecified atom stereocenters. The maximum atomic E-state index is 13.1. The van der Waals surface area contributed by atoms with Gasteiger partial charge < -0.3 is 20.1 Å². The quantitative estimate of drug-likeness (QED) is 0.473. The lowest BCUT2D eigenvalue weighted by atomic mass is 9.98. The van der Waals surface area contributed by atoms with Crippen LogP contribution in [-0.4, -0.2) is 56.6 Å². The normalized spacial score (nSPS) is 14.5. The molecule has 3 aromatic rings. The first-order valence-electron chi connectivity index (χ1n) is 11.7. The van der Waals surface area contributed by atoms with Crippen molar-refractivity contribution in [2.24, 2.45) is 0 Å². The number of nitrogens with zero attached hydrogens (tertiary/aromatic N) is 1. The van der Waals surface area contributed by atoms with Crippen molar-refractivity contribution in [2.75, 3.05) is 33.9 Å². The van der Waals surface area contributed by atoms with Gasteiger partial charge in [-0.25, -0.2) is 0 Å². The molecule has 8 heteroatoms. The molecule has 0 atom stereocenters. The summed E-state index contributed by atoms with van der Waals surface area (Å²) in [5, 5.41) is 8.22. The molecule has 2 aromatic carbocycles. The number of benzene rings is 2. The average Bonchev–Trinajstić information content (AvgIpc) is 3.44. The van der Waals surface area contributed by atoms with Gasteiger partial charge in [-0.1, -0.05) is 30.3 Å². The molecule has 1 fully saturated rings. The van der Waals surface area contributed by atoms with E-state index in [1.54, 1.807) is 14.2 Å². The number of carbonyl (C=O) groups excluding carboxylic acids is 2. The number of amides is 2. The highest BCUT2D eigenvalue weighted by Gasteiger charge is 2.24. The molecule has 1 aliphatic rings. The van der Waals surface area contributed by atoms with Crippen LogP contribution in [0.1, 0.15) is 39.7 Å². The summed E-state index contributed by atoms with van der Waals surface area (Å²) in [6.07, 6.45) is 1.65. The van der Waals surface area contributed by atoms with E-state index in [2.05, 4.69) is 15.5 Å². The summed E-state index contributed by atoms with van der Waals surface area (Å²) in [6.45, 7) is 1.84. The molecule has 35 heavy (non-hydrogen) atoms. The van der Waals surface area contributed by atoms with E-state index in [1.807, 2.05) is 66.0 Å². The van der Waals surface area contributed by atoms with Gasteiger partial charge in [-0.2, -0.15) is 0 Å².